The Morgan fingerprint density at radius 1 is 0.885 bits per heavy atom. The summed E-state index contributed by atoms with van der Waals surface area (Å²) in [5, 5.41) is 0.619. The second-order valence-corrected chi connectivity index (χ2v) is 6.61. The maximum Gasteiger partial charge on any atom is 0.335 e. The highest BCUT2D eigenvalue weighted by molar-refractivity contribution is 6.44. The molecule has 134 valence electrons. The molecule has 2 aromatic carbocycles. The highest BCUT2D eigenvalue weighted by atomic mass is 35.5. The largest absolute Gasteiger partial charge is 0.335 e. The number of urea groups is 1. The molecule has 7 heteroatoms. The molecule has 26 heavy (non-hydrogen) atoms. The Hall–Kier alpha value is -2.70. The molecule has 2 aromatic rings. The molecule has 0 radical (unpaired) electrons. The highest BCUT2D eigenvalue weighted by Gasteiger charge is 2.44. The number of hydrogen-bond donors (Lipinski definition) is 0. The van der Waals surface area contributed by atoms with Crippen molar-refractivity contribution in [2.24, 2.45) is 0 Å². The van der Waals surface area contributed by atoms with Gasteiger partial charge in [-0.25, -0.2) is 9.69 Å². The number of benzene rings is 2. The number of halogens is 1. The maximum atomic E-state index is 12.5. The number of nitrogens with zero attached hydrogens (tertiary/aromatic N) is 3. The summed E-state index contributed by atoms with van der Waals surface area (Å²) < 4.78 is 0. The van der Waals surface area contributed by atoms with Crippen molar-refractivity contribution < 1.29 is 14.4 Å². The lowest BCUT2D eigenvalue weighted by atomic mass is 10.2. The molecule has 1 saturated heterocycles. The van der Waals surface area contributed by atoms with Gasteiger partial charge in [-0.15, -0.1) is 0 Å². The summed E-state index contributed by atoms with van der Waals surface area (Å²) in [7, 11) is 1.77. The van der Waals surface area contributed by atoms with E-state index in [9.17, 15) is 14.4 Å². The number of amides is 4. The summed E-state index contributed by atoms with van der Waals surface area (Å²) in [5.74, 6) is -1.60. The second-order valence-electron chi connectivity index (χ2n) is 6.18. The molecule has 0 atom stereocenters. The van der Waals surface area contributed by atoms with Gasteiger partial charge in [0, 0.05) is 11.6 Å². The molecule has 1 heterocycles. The minimum absolute atomic E-state index is 0.0290. The van der Waals surface area contributed by atoms with Crippen LogP contribution in [0.2, 0.25) is 5.02 Å². The zero-order valence-corrected chi connectivity index (χ0v) is 15.0. The normalized spacial score (nSPS) is 14.7. The standard InChI is InChI=1S/C19H18ClN3O3/c1-21(11-15-8-5-9-16(20)10-15)13-23-18(25)17(24)22(19(23)26)12-14-6-3-2-4-7-14/h2-10H,11-13H2,1H3. The lowest BCUT2D eigenvalue weighted by molar-refractivity contribution is -0.144. The quantitative estimate of drug-likeness (QED) is 0.578. The third-order valence-electron chi connectivity index (χ3n) is 4.04. The van der Waals surface area contributed by atoms with Crippen molar-refractivity contribution in [3.8, 4) is 0 Å². The summed E-state index contributed by atoms with van der Waals surface area (Å²) in [6, 6.07) is 15.8. The minimum Gasteiger partial charge on any atom is -0.284 e. The first-order valence-electron chi connectivity index (χ1n) is 8.10. The van der Waals surface area contributed by atoms with Gasteiger partial charge < -0.3 is 0 Å². The van der Waals surface area contributed by atoms with E-state index < -0.39 is 17.8 Å². The van der Waals surface area contributed by atoms with Gasteiger partial charge in [0.1, 0.15) is 0 Å². The van der Waals surface area contributed by atoms with Crippen LogP contribution < -0.4 is 0 Å². The predicted octanol–water partition coefficient (Wildman–Crippen LogP) is 2.72. The fraction of sp³-hybridized carbons (Fsp3) is 0.211. The zero-order chi connectivity index (χ0) is 18.7. The van der Waals surface area contributed by atoms with E-state index in [1.54, 1.807) is 30.1 Å². The fourth-order valence-electron chi connectivity index (χ4n) is 2.82. The molecule has 0 spiro atoms. The van der Waals surface area contributed by atoms with Gasteiger partial charge in [-0.3, -0.25) is 19.4 Å². The Labute approximate surface area is 156 Å². The summed E-state index contributed by atoms with van der Waals surface area (Å²) in [4.78, 5) is 40.7. The van der Waals surface area contributed by atoms with Crippen molar-refractivity contribution in [1.82, 2.24) is 14.7 Å². The highest BCUT2D eigenvalue weighted by Crippen LogP contribution is 2.17. The molecule has 1 aliphatic heterocycles. The Morgan fingerprint density at radius 3 is 2.23 bits per heavy atom. The van der Waals surface area contributed by atoms with Gasteiger partial charge in [0.25, 0.3) is 0 Å². The average molecular weight is 372 g/mol. The van der Waals surface area contributed by atoms with E-state index in [1.165, 1.54) is 0 Å². The first-order chi connectivity index (χ1) is 12.5. The van der Waals surface area contributed by atoms with Gasteiger partial charge in [0.05, 0.1) is 13.2 Å². The molecular formula is C19H18ClN3O3. The maximum absolute atomic E-state index is 12.5. The first-order valence-corrected chi connectivity index (χ1v) is 8.48. The van der Waals surface area contributed by atoms with E-state index >= 15 is 0 Å². The number of carbonyl (C=O) groups is 3. The van der Waals surface area contributed by atoms with Crippen LogP contribution in [0.3, 0.4) is 0 Å². The van der Waals surface area contributed by atoms with Crippen LogP contribution in [-0.2, 0) is 22.7 Å². The molecule has 3 rings (SSSR count). The van der Waals surface area contributed by atoms with Crippen molar-refractivity contribution >= 4 is 29.4 Å². The van der Waals surface area contributed by atoms with Gasteiger partial charge in [-0.2, -0.15) is 0 Å². The fourth-order valence-corrected chi connectivity index (χ4v) is 3.03. The van der Waals surface area contributed by atoms with Gasteiger partial charge in [0.15, 0.2) is 0 Å². The minimum atomic E-state index is -0.802. The Morgan fingerprint density at radius 2 is 1.54 bits per heavy atom. The van der Waals surface area contributed by atoms with Gasteiger partial charge >= 0.3 is 17.8 Å². The van der Waals surface area contributed by atoms with Crippen molar-refractivity contribution in [1.29, 1.82) is 0 Å². The Balaban J connectivity index is 1.67. The van der Waals surface area contributed by atoms with Crippen LogP contribution in [0.1, 0.15) is 11.1 Å². The molecule has 0 bridgehead atoms. The Bertz CT molecular complexity index is 841. The second kappa shape index (κ2) is 7.68. The number of rotatable bonds is 6. The van der Waals surface area contributed by atoms with Crippen molar-refractivity contribution in [2.75, 3.05) is 13.7 Å². The van der Waals surface area contributed by atoms with E-state index in [4.69, 9.17) is 11.6 Å². The lowest BCUT2D eigenvalue weighted by Crippen LogP contribution is -2.40. The van der Waals surface area contributed by atoms with Gasteiger partial charge in [-0.1, -0.05) is 54.1 Å². The van der Waals surface area contributed by atoms with Crippen molar-refractivity contribution in [3.63, 3.8) is 0 Å². The van der Waals surface area contributed by atoms with Crippen molar-refractivity contribution in [3.05, 3.63) is 70.7 Å². The molecule has 0 N–H and O–H groups in total. The summed E-state index contributed by atoms with van der Waals surface area (Å²) in [6.07, 6.45) is 0. The number of hydrogen-bond acceptors (Lipinski definition) is 4. The van der Waals surface area contributed by atoms with Crippen LogP contribution >= 0.6 is 11.6 Å². The van der Waals surface area contributed by atoms with Crippen LogP contribution in [0, 0.1) is 0 Å². The Kier molecular flexibility index (Phi) is 5.35. The van der Waals surface area contributed by atoms with Crippen LogP contribution in [-0.4, -0.2) is 46.3 Å². The van der Waals surface area contributed by atoms with Crippen molar-refractivity contribution in [2.45, 2.75) is 13.1 Å². The van der Waals surface area contributed by atoms with E-state index in [0.717, 1.165) is 20.9 Å². The average Bonchev–Trinajstić information content (AvgIpc) is 2.81. The van der Waals surface area contributed by atoms with Crippen LogP contribution in [0.4, 0.5) is 4.79 Å². The third kappa shape index (κ3) is 3.92. The molecule has 0 saturated carbocycles. The van der Waals surface area contributed by atoms with E-state index in [0.29, 0.717) is 11.6 Å². The monoisotopic (exact) mass is 371 g/mol. The molecule has 0 aromatic heterocycles. The molecule has 0 aliphatic carbocycles. The molecule has 4 amide bonds. The van der Waals surface area contributed by atoms with Crippen LogP contribution in [0.25, 0.3) is 0 Å². The summed E-state index contributed by atoms with van der Waals surface area (Å²) >= 11 is 5.97. The third-order valence-corrected chi connectivity index (χ3v) is 4.28. The number of imide groups is 2. The first kappa shape index (κ1) is 18.1. The van der Waals surface area contributed by atoms with Crippen LogP contribution in [0.5, 0.6) is 0 Å². The molecule has 0 unspecified atom stereocenters. The number of carbonyl (C=O) groups excluding carboxylic acids is 3. The molecule has 1 fully saturated rings. The van der Waals surface area contributed by atoms with E-state index in [2.05, 4.69) is 0 Å². The summed E-state index contributed by atoms with van der Waals surface area (Å²) in [6.45, 7) is 0.602. The topological polar surface area (TPSA) is 60.9 Å². The van der Waals surface area contributed by atoms with E-state index in [1.807, 2.05) is 36.4 Å². The van der Waals surface area contributed by atoms with Gasteiger partial charge in [-0.05, 0) is 30.3 Å². The molecular weight excluding hydrogens is 354 g/mol. The van der Waals surface area contributed by atoms with Crippen LogP contribution in [0.15, 0.2) is 54.6 Å². The molecule has 1 aliphatic rings. The zero-order valence-electron chi connectivity index (χ0n) is 14.3. The lowest BCUT2D eigenvalue weighted by Gasteiger charge is -2.22. The van der Waals surface area contributed by atoms with E-state index in [-0.39, 0.29) is 13.2 Å². The SMILES string of the molecule is CN(Cc1cccc(Cl)c1)CN1C(=O)C(=O)N(Cc2ccccc2)C1=O. The predicted molar refractivity (Wildman–Crippen MR) is 97.0 cm³/mol. The van der Waals surface area contributed by atoms with Gasteiger partial charge in [0.2, 0.25) is 0 Å². The summed E-state index contributed by atoms with van der Waals surface area (Å²) in [5.41, 5.74) is 1.74. The smallest absolute Gasteiger partial charge is 0.284 e. The molecule has 6 nitrogen and oxygen atoms in total.